The van der Waals surface area contributed by atoms with Crippen molar-refractivity contribution in [3.63, 3.8) is 0 Å². The van der Waals surface area contributed by atoms with Crippen LogP contribution in [0, 0.1) is 10.1 Å². The van der Waals surface area contributed by atoms with Crippen LogP contribution in [-0.2, 0) is 0 Å². The van der Waals surface area contributed by atoms with Crippen LogP contribution in [0.3, 0.4) is 0 Å². The third kappa shape index (κ3) is 3.33. The van der Waals surface area contributed by atoms with E-state index in [-0.39, 0.29) is 5.69 Å². The van der Waals surface area contributed by atoms with E-state index < -0.39 is 4.92 Å². The first-order chi connectivity index (χ1) is 9.11. The standard InChI is InChI=1S/C12H12ClN3O2S/c1-8(4-5-13)19-12-10-6-9(16(17)18)2-3-11(10)14-7-15-12/h2-3,6-8H,4-5H2,1H3. The minimum atomic E-state index is -0.414. The maximum Gasteiger partial charge on any atom is 0.270 e. The van der Waals surface area contributed by atoms with Crippen LogP contribution in [0.1, 0.15) is 13.3 Å². The van der Waals surface area contributed by atoms with Gasteiger partial charge in [-0.3, -0.25) is 10.1 Å². The normalized spacial score (nSPS) is 12.5. The predicted molar refractivity (Wildman–Crippen MR) is 76.8 cm³/mol. The van der Waals surface area contributed by atoms with Crippen molar-refractivity contribution in [3.8, 4) is 0 Å². The summed E-state index contributed by atoms with van der Waals surface area (Å²) in [6.07, 6.45) is 2.33. The van der Waals surface area contributed by atoms with Gasteiger partial charge in [-0.25, -0.2) is 9.97 Å². The number of fused-ring (bicyclic) bond motifs is 1. The molecule has 0 radical (unpaired) electrons. The second-order valence-electron chi connectivity index (χ2n) is 4.04. The molecule has 1 aromatic carbocycles. The molecule has 5 nitrogen and oxygen atoms in total. The number of hydrogen-bond acceptors (Lipinski definition) is 5. The summed E-state index contributed by atoms with van der Waals surface area (Å²) in [7, 11) is 0. The summed E-state index contributed by atoms with van der Waals surface area (Å²) in [6.45, 7) is 2.05. The molecule has 0 bridgehead atoms. The van der Waals surface area contributed by atoms with Gasteiger partial charge in [0.1, 0.15) is 11.4 Å². The molecule has 2 rings (SSSR count). The van der Waals surface area contributed by atoms with Gasteiger partial charge in [-0.2, -0.15) is 0 Å². The van der Waals surface area contributed by atoms with Crippen LogP contribution in [0.5, 0.6) is 0 Å². The van der Waals surface area contributed by atoms with Gasteiger partial charge in [0.25, 0.3) is 5.69 Å². The average Bonchev–Trinajstić information content (AvgIpc) is 2.38. The van der Waals surface area contributed by atoms with E-state index in [1.165, 1.54) is 18.5 Å². The van der Waals surface area contributed by atoms with Crippen molar-refractivity contribution in [2.75, 3.05) is 5.88 Å². The minimum absolute atomic E-state index is 0.0501. The van der Waals surface area contributed by atoms with E-state index in [2.05, 4.69) is 16.9 Å². The van der Waals surface area contributed by atoms with E-state index in [0.717, 1.165) is 11.4 Å². The summed E-state index contributed by atoms with van der Waals surface area (Å²) in [5.74, 6) is 0.581. The molecule has 1 aromatic heterocycles. The minimum Gasteiger partial charge on any atom is -0.258 e. The van der Waals surface area contributed by atoms with E-state index in [4.69, 9.17) is 11.6 Å². The number of nitro benzene ring substituents is 1. The molecule has 0 aliphatic rings. The molecular formula is C12H12ClN3O2S. The van der Waals surface area contributed by atoms with E-state index in [9.17, 15) is 10.1 Å². The molecule has 0 amide bonds. The zero-order valence-corrected chi connectivity index (χ0v) is 11.8. The van der Waals surface area contributed by atoms with Gasteiger partial charge in [0, 0.05) is 28.6 Å². The number of nitrogens with zero attached hydrogens (tertiary/aromatic N) is 3. The van der Waals surface area contributed by atoms with Crippen LogP contribution in [-0.4, -0.2) is 26.0 Å². The van der Waals surface area contributed by atoms with E-state index in [0.29, 0.717) is 22.0 Å². The van der Waals surface area contributed by atoms with Gasteiger partial charge in [-0.05, 0) is 12.5 Å². The number of rotatable bonds is 5. The summed E-state index contributed by atoms with van der Waals surface area (Å²) in [4.78, 5) is 18.7. The van der Waals surface area contributed by atoms with Crippen molar-refractivity contribution in [2.45, 2.75) is 23.6 Å². The lowest BCUT2D eigenvalue weighted by molar-refractivity contribution is -0.384. The predicted octanol–water partition coefficient (Wildman–Crippen LogP) is 3.65. The van der Waals surface area contributed by atoms with Gasteiger partial charge in [0.05, 0.1) is 10.4 Å². The third-order valence-corrected chi connectivity index (χ3v) is 4.03. The van der Waals surface area contributed by atoms with Crippen LogP contribution in [0.2, 0.25) is 0 Å². The Bertz CT molecular complexity index is 609. The summed E-state index contributed by atoms with van der Waals surface area (Å²) in [6, 6.07) is 4.61. The van der Waals surface area contributed by atoms with Crippen molar-refractivity contribution in [1.29, 1.82) is 0 Å². The SMILES string of the molecule is CC(CCCl)Sc1ncnc2ccc([N+](=O)[O-])cc12. The molecule has 0 saturated heterocycles. The highest BCUT2D eigenvalue weighted by atomic mass is 35.5. The lowest BCUT2D eigenvalue weighted by Crippen LogP contribution is -1.99. The Labute approximate surface area is 119 Å². The Balaban J connectivity index is 2.42. The maximum atomic E-state index is 10.8. The maximum absolute atomic E-state index is 10.8. The first-order valence-corrected chi connectivity index (χ1v) is 7.15. The van der Waals surface area contributed by atoms with Gasteiger partial charge < -0.3 is 0 Å². The van der Waals surface area contributed by atoms with Gasteiger partial charge in [-0.15, -0.1) is 23.4 Å². The Morgan fingerprint density at radius 3 is 2.95 bits per heavy atom. The van der Waals surface area contributed by atoms with Gasteiger partial charge in [0.15, 0.2) is 0 Å². The molecule has 1 heterocycles. The van der Waals surface area contributed by atoms with Gasteiger partial charge >= 0.3 is 0 Å². The molecule has 19 heavy (non-hydrogen) atoms. The fraction of sp³-hybridized carbons (Fsp3) is 0.333. The Hall–Kier alpha value is -1.40. The number of nitro groups is 1. The summed E-state index contributed by atoms with van der Waals surface area (Å²) in [5, 5.41) is 12.6. The number of benzene rings is 1. The van der Waals surface area contributed by atoms with E-state index in [1.807, 2.05) is 0 Å². The van der Waals surface area contributed by atoms with Crippen molar-refractivity contribution in [2.24, 2.45) is 0 Å². The highest BCUT2D eigenvalue weighted by Gasteiger charge is 2.13. The smallest absolute Gasteiger partial charge is 0.258 e. The van der Waals surface area contributed by atoms with Crippen LogP contribution in [0.25, 0.3) is 10.9 Å². The number of aromatic nitrogens is 2. The van der Waals surface area contributed by atoms with Crippen molar-refractivity contribution in [1.82, 2.24) is 9.97 Å². The molecule has 0 spiro atoms. The molecule has 1 unspecified atom stereocenters. The van der Waals surface area contributed by atoms with Crippen molar-refractivity contribution in [3.05, 3.63) is 34.6 Å². The third-order valence-electron chi connectivity index (χ3n) is 2.62. The monoisotopic (exact) mass is 297 g/mol. The summed E-state index contributed by atoms with van der Waals surface area (Å²) < 4.78 is 0. The van der Waals surface area contributed by atoms with Crippen LogP contribution in [0.4, 0.5) is 5.69 Å². The second kappa shape index (κ2) is 6.16. The Morgan fingerprint density at radius 1 is 1.47 bits per heavy atom. The Morgan fingerprint density at radius 2 is 2.26 bits per heavy atom. The molecule has 0 saturated carbocycles. The first-order valence-electron chi connectivity index (χ1n) is 5.73. The molecule has 0 N–H and O–H groups in total. The molecule has 0 aliphatic carbocycles. The fourth-order valence-electron chi connectivity index (χ4n) is 1.63. The average molecular weight is 298 g/mol. The summed E-state index contributed by atoms with van der Waals surface area (Å²) in [5.41, 5.74) is 0.760. The van der Waals surface area contributed by atoms with Crippen LogP contribution >= 0.6 is 23.4 Å². The van der Waals surface area contributed by atoms with Crippen molar-refractivity contribution < 1.29 is 4.92 Å². The molecule has 1 atom stereocenters. The molecule has 0 aliphatic heterocycles. The molecule has 2 aromatic rings. The lowest BCUT2D eigenvalue weighted by atomic mass is 10.2. The number of non-ortho nitro benzene ring substituents is 1. The van der Waals surface area contributed by atoms with Crippen LogP contribution < -0.4 is 0 Å². The van der Waals surface area contributed by atoms with Crippen LogP contribution in [0.15, 0.2) is 29.6 Å². The van der Waals surface area contributed by atoms with E-state index >= 15 is 0 Å². The van der Waals surface area contributed by atoms with Crippen molar-refractivity contribution >= 4 is 40.0 Å². The number of thioether (sulfide) groups is 1. The topological polar surface area (TPSA) is 68.9 Å². The summed E-state index contributed by atoms with van der Waals surface area (Å²) >= 11 is 7.27. The van der Waals surface area contributed by atoms with E-state index in [1.54, 1.807) is 17.8 Å². The largest absolute Gasteiger partial charge is 0.270 e. The Kier molecular flexibility index (Phi) is 4.55. The van der Waals surface area contributed by atoms with Gasteiger partial charge in [0.2, 0.25) is 0 Å². The number of halogens is 1. The molecule has 0 fully saturated rings. The highest BCUT2D eigenvalue weighted by molar-refractivity contribution is 8.00. The number of alkyl halides is 1. The first kappa shape index (κ1) is 14.0. The second-order valence-corrected chi connectivity index (χ2v) is 5.85. The highest BCUT2D eigenvalue weighted by Crippen LogP contribution is 2.31. The quantitative estimate of drug-likeness (QED) is 0.277. The zero-order valence-electron chi connectivity index (χ0n) is 10.2. The lowest BCUT2D eigenvalue weighted by Gasteiger charge is -2.09. The fourth-order valence-corrected chi connectivity index (χ4v) is 3.10. The molecule has 7 heteroatoms. The number of hydrogen-bond donors (Lipinski definition) is 0. The van der Waals surface area contributed by atoms with Gasteiger partial charge in [-0.1, -0.05) is 6.92 Å². The zero-order chi connectivity index (χ0) is 13.8. The molecule has 100 valence electrons. The molecular weight excluding hydrogens is 286 g/mol.